The molecule has 9 rings (SSSR count). The molecule has 0 bridgehead atoms. The van der Waals surface area contributed by atoms with Crippen molar-refractivity contribution < 1.29 is 0 Å². The van der Waals surface area contributed by atoms with Gasteiger partial charge in [-0.05, 0) is 129 Å². The summed E-state index contributed by atoms with van der Waals surface area (Å²) in [4.78, 5) is 4.78. The minimum Gasteiger partial charge on any atom is -0.311 e. The molecule has 274 valence electrons. The summed E-state index contributed by atoms with van der Waals surface area (Å²) in [6.45, 7) is 9.64. The van der Waals surface area contributed by atoms with Gasteiger partial charge in [-0.1, -0.05) is 155 Å². The van der Waals surface area contributed by atoms with Crippen LogP contribution in [0, 0.1) is 0 Å². The number of benzene rings is 8. The Morgan fingerprint density at radius 2 is 0.786 bits per heavy atom. The van der Waals surface area contributed by atoms with Crippen LogP contribution in [0.25, 0.3) is 33.0 Å². The first kappa shape index (κ1) is 35.3. The average molecular weight is 725 g/mol. The predicted octanol–water partition coefficient (Wildman–Crippen LogP) is 15.5. The summed E-state index contributed by atoms with van der Waals surface area (Å²) in [5.74, 6) is 0. The molecule has 0 unspecified atom stereocenters. The van der Waals surface area contributed by atoms with Gasteiger partial charge in [0.2, 0.25) is 0 Å². The van der Waals surface area contributed by atoms with Crippen LogP contribution in [0.3, 0.4) is 0 Å². The molecule has 0 aliphatic heterocycles. The molecule has 0 saturated heterocycles. The van der Waals surface area contributed by atoms with E-state index in [0.717, 1.165) is 22.7 Å². The van der Waals surface area contributed by atoms with Gasteiger partial charge in [0.05, 0.1) is 5.69 Å². The lowest BCUT2D eigenvalue weighted by molar-refractivity contribution is 0.332. The SMILES string of the molecule is CC1(C)CCC(C)(C)c2cc(N(c3ccc(-c4ccc(N(c5ccccc5)c5ccccc5)cc4)cc3)c3ccc(-c4ccccc4)c4ccccc34)ccc21. The molecule has 0 radical (unpaired) electrons. The van der Waals surface area contributed by atoms with Crippen LogP contribution in [0.15, 0.2) is 194 Å². The first-order chi connectivity index (χ1) is 27.3. The number of hydrogen-bond donors (Lipinski definition) is 0. The highest BCUT2D eigenvalue weighted by molar-refractivity contribution is 6.06. The topological polar surface area (TPSA) is 6.48 Å². The maximum Gasteiger partial charge on any atom is 0.0540 e. The summed E-state index contributed by atoms with van der Waals surface area (Å²) in [5.41, 5.74) is 14.9. The Bertz CT molecular complexity index is 2570. The first-order valence-corrected chi connectivity index (χ1v) is 19.9. The second-order valence-electron chi connectivity index (χ2n) is 16.5. The number of nitrogens with zero attached hydrogens (tertiary/aromatic N) is 2. The van der Waals surface area contributed by atoms with Gasteiger partial charge in [0.1, 0.15) is 0 Å². The van der Waals surface area contributed by atoms with E-state index in [2.05, 4.69) is 232 Å². The zero-order chi connectivity index (χ0) is 38.3. The highest BCUT2D eigenvalue weighted by Crippen LogP contribution is 2.49. The Morgan fingerprint density at radius 1 is 0.339 bits per heavy atom. The van der Waals surface area contributed by atoms with Crippen molar-refractivity contribution in [3.63, 3.8) is 0 Å². The molecule has 0 heterocycles. The summed E-state index contributed by atoms with van der Waals surface area (Å²) >= 11 is 0. The van der Waals surface area contributed by atoms with E-state index in [1.807, 2.05) is 0 Å². The molecule has 0 aromatic heterocycles. The molecule has 0 saturated carbocycles. The predicted molar refractivity (Wildman–Crippen MR) is 239 cm³/mol. The maximum atomic E-state index is 2.48. The van der Waals surface area contributed by atoms with Crippen LogP contribution in [0.5, 0.6) is 0 Å². The van der Waals surface area contributed by atoms with Crippen LogP contribution in [0.2, 0.25) is 0 Å². The summed E-state index contributed by atoms with van der Waals surface area (Å²) < 4.78 is 0. The van der Waals surface area contributed by atoms with Crippen LogP contribution < -0.4 is 9.80 Å². The Balaban J connectivity index is 1.14. The zero-order valence-corrected chi connectivity index (χ0v) is 32.8. The van der Waals surface area contributed by atoms with E-state index in [1.54, 1.807) is 0 Å². The van der Waals surface area contributed by atoms with Gasteiger partial charge in [-0.3, -0.25) is 0 Å². The van der Waals surface area contributed by atoms with E-state index in [1.165, 1.54) is 68.4 Å². The van der Waals surface area contributed by atoms with Crippen molar-refractivity contribution in [2.45, 2.75) is 51.4 Å². The van der Waals surface area contributed by atoms with E-state index in [9.17, 15) is 0 Å². The van der Waals surface area contributed by atoms with Crippen molar-refractivity contribution >= 4 is 44.9 Å². The fourth-order valence-electron chi connectivity index (χ4n) is 8.70. The second-order valence-corrected chi connectivity index (χ2v) is 16.5. The normalized spacial score (nSPS) is 14.2. The second kappa shape index (κ2) is 14.4. The van der Waals surface area contributed by atoms with Crippen LogP contribution in [-0.2, 0) is 10.8 Å². The Hall–Kier alpha value is -6.38. The molecule has 0 N–H and O–H groups in total. The number of anilines is 6. The number of rotatable bonds is 8. The van der Waals surface area contributed by atoms with Crippen molar-refractivity contribution in [1.29, 1.82) is 0 Å². The molecular weight excluding hydrogens is 677 g/mol. The van der Waals surface area contributed by atoms with E-state index >= 15 is 0 Å². The van der Waals surface area contributed by atoms with Crippen molar-refractivity contribution in [1.82, 2.24) is 0 Å². The van der Waals surface area contributed by atoms with Crippen molar-refractivity contribution in [2.24, 2.45) is 0 Å². The van der Waals surface area contributed by atoms with E-state index in [0.29, 0.717) is 0 Å². The lowest BCUT2D eigenvalue weighted by Crippen LogP contribution is -2.34. The van der Waals surface area contributed by atoms with Gasteiger partial charge in [0, 0.05) is 33.8 Å². The quantitative estimate of drug-likeness (QED) is 0.154. The lowest BCUT2D eigenvalue weighted by atomic mass is 9.63. The molecule has 56 heavy (non-hydrogen) atoms. The van der Waals surface area contributed by atoms with Crippen LogP contribution >= 0.6 is 0 Å². The van der Waals surface area contributed by atoms with Crippen molar-refractivity contribution in [3.05, 3.63) is 205 Å². The van der Waals surface area contributed by atoms with Gasteiger partial charge in [-0.25, -0.2) is 0 Å². The fourth-order valence-corrected chi connectivity index (χ4v) is 8.70. The average Bonchev–Trinajstić information content (AvgIpc) is 3.24. The number of fused-ring (bicyclic) bond motifs is 2. The van der Waals surface area contributed by atoms with Crippen molar-refractivity contribution in [3.8, 4) is 22.3 Å². The third-order valence-electron chi connectivity index (χ3n) is 11.9. The molecule has 0 fully saturated rings. The third-order valence-corrected chi connectivity index (χ3v) is 11.9. The van der Waals surface area contributed by atoms with E-state index in [4.69, 9.17) is 0 Å². The Morgan fingerprint density at radius 3 is 1.36 bits per heavy atom. The summed E-state index contributed by atoms with van der Waals surface area (Å²) in [7, 11) is 0. The molecule has 8 aromatic rings. The molecule has 1 aliphatic rings. The van der Waals surface area contributed by atoms with Crippen LogP contribution in [0.1, 0.15) is 51.7 Å². The van der Waals surface area contributed by atoms with Gasteiger partial charge >= 0.3 is 0 Å². The fraction of sp³-hybridized carbons (Fsp3) is 0.148. The largest absolute Gasteiger partial charge is 0.311 e. The highest BCUT2D eigenvalue weighted by atomic mass is 15.1. The third kappa shape index (κ3) is 6.56. The molecule has 0 amide bonds. The summed E-state index contributed by atoms with van der Waals surface area (Å²) in [5, 5.41) is 2.48. The number of para-hydroxylation sites is 2. The molecule has 2 heteroatoms. The summed E-state index contributed by atoms with van der Waals surface area (Å²) in [6.07, 6.45) is 2.37. The molecule has 8 aromatic carbocycles. The van der Waals surface area contributed by atoms with E-state index < -0.39 is 0 Å². The highest BCUT2D eigenvalue weighted by Gasteiger charge is 2.37. The molecule has 0 atom stereocenters. The van der Waals surface area contributed by atoms with Gasteiger partial charge < -0.3 is 9.80 Å². The lowest BCUT2D eigenvalue weighted by Gasteiger charge is -2.42. The van der Waals surface area contributed by atoms with Gasteiger partial charge in [0.15, 0.2) is 0 Å². The van der Waals surface area contributed by atoms with Crippen molar-refractivity contribution in [2.75, 3.05) is 9.80 Å². The molecule has 2 nitrogen and oxygen atoms in total. The monoisotopic (exact) mass is 724 g/mol. The summed E-state index contributed by atoms with van der Waals surface area (Å²) in [6, 6.07) is 70.7. The van der Waals surface area contributed by atoms with Gasteiger partial charge in [0.25, 0.3) is 0 Å². The van der Waals surface area contributed by atoms with E-state index in [-0.39, 0.29) is 10.8 Å². The Kier molecular flexibility index (Phi) is 9.06. The zero-order valence-electron chi connectivity index (χ0n) is 32.8. The molecule has 1 aliphatic carbocycles. The smallest absolute Gasteiger partial charge is 0.0540 e. The first-order valence-electron chi connectivity index (χ1n) is 19.9. The standard InChI is InChI=1S/C54H48N2/c1-53(2)36-37-54(3,4)51-38-46(32-34-50(51)53)56(52-35-33-47(41-16-8-5-9-17-41)48-22-14-15-23-49(48)52)45-30-26-40(27-31-45)39-24-28-44(29-25-39)55(42-18-10-6-11-19-42)43-20-12-7-13-21-43/h5-35,38H,36-37H2,1-4H3. The Labute approximate surface area is 332 Å². The van der Waals surface area contributed by atoms with Crippen LogP contribution in [-0.4, -0.2) is 0 Å². The molecule has 0 spiro atoms. The maximum absolute atomic E-state index is 2.48. The van der Waals surface area contributed by atoms with Gasteiger partial charge in [-0.15, -0.1) is 0 Å². The number of hydrogen-bond acceptors (Lipinski definition) is 2. The van der Waals surface area contributed by atoms with Gasteiger partial charge in [-0.2, -0.15) is 0 Å². The molecular formula is C54H48N2. The van der Waals surface area contributed by atoms with Crippen LogP contribution in [0.4, 0.5) is 34.1 Å². The minimum absolute atomic E-state index is 0.0956. The minimum atomic E-state index is 0.0956.